The summed E-state index contributed by atoms with van der Waals surface area (Å²) in [5.74, 6) is -0.614. The fourth-order valence-corrected chi connectivity index (χ4v) is 6.02. The van der Waals surface area contributed by atoms with E-state index in [1.165, 1.54) is 37.0 Å². The molecule has 0 saturated carbocycles. The number of fused-ring (bicyclic) bond motifs is 1. The van der Waals surface area contributed by atoms with Gasteiger partial charge in [0.05, 0.1) is 35.6 Å². The van der Waals surface area contributed by atoms with Gasteiger partial charge in [0.2, 0.25) is 0 Å². The molecule has 2 amide bonds. The molecule has 3 aromatic rings. The van der Waals surface area contributed by atoms with E-state index in [0.717, 1.165) is 42.7 Å². The normalized spacial score (nSPS) is 24.0. The number of rotatable bonds is 6. The Kier molecular flexibility index (Phi) is 8.07. The number of amides is 2. The number of anilines is 1. The molecule has 3 atom stereocenters. The average Bonchev–Trinajstić information content (AvgIpc) is 3.24. The highest BCUT2D eigenvalue weighted by Crippen LogP contribution is 2.39. The number of imide groups is 1. The molecule has 2 fully saturated rings. The Morgan fingerprint density at radius 1 is 0.725 bits per heavy atom. The Balaban J connectivity index is 1.22. The maximum Gasteiger partial charge on any atom is 0.266 e. The molecule has 0 aromatic heterocycles. The minimum Gasteiger partial charge on any atom is -0.392 e. The Hall–Kier alpha value is -3.36. The second kappa shape index (κ2) is 12.0. The predicted molar refractivity (Wildman–Crippen MR) is 152 cm³/mol. The smallest absolute Gasteiger partial charge is 0.266 e. The molecule has 3 aliphatic heterocycles. The summed E-state index contributed by atoms with van der Waals surface area (Å²) in [4.78, 5) is 29.7. The average molecular weight is 541 g/mol. The highest BCUT2D eigenvalue weighted by Gasteiger charge is 2.37. The van der Waals surface area contributed by atoms with Gasteiger partial charge in [-0.3, -0.25) is 9.59 Å². The minimum absolute atomic E-state index is 0.00314. The third-order valence-electron chi connectivity index (χ3n) is 8.24. The lowest BCUT2D eigenvalue weighted by Crippen LogP contribution is -2.40. The molecule has 3 aliphatic rings. The number of ether oxygens (including phenoxy) is 2. The number of carbonyl (C=O) groups is 2. The van der Waals surface area contributed by atoms with E-state index in [1.807, 2.05) is 36.4 Å². The van der Waals surface area contributed by atoms with Crippen molar-refractivity contribution in [1.29, 1.82) is 0 Å². The van der Waals surface area contributed by atoms with Crippen LogP contribution in [0.1, 0.15) is 88.3 Å². The zero-order valence-corrected chi connectivity index (χ0v) is 22.7. The monoisotopic (exact) mass is 540 g/mol. The quantitative estimate of drug-likeness (QED) is 0.399. The summed E-state index contributed by atoms with van der Waals surface area (Å²) in [6.07, 6.45) is 6.35. The minimum atomic E-state index is -0.577. The summed E-state index contributed by atoms with van der Waals surface area (Å²) < 4.78 is 13.1. The van der Waals surface area contributed by atoms with Crippen LogP contribution in [0.4, 0.5) is 5.69 Å². The Morgan fingerprint density at radius 2 is 1.32 bits per heavy atom. The number of hydrogen-bond donors (Lipinski definition) is 1. The molecule has 1 N–H and O–H groups in total. The van der Waals surface area contributed by atoms with Gasteiger partial charge in [-0.15, -0.1) is 0 Å². The van der Waals surface area contributed by atoms with Gasteiger partial charge in [-0.25, -0.2) is 4.90 Å². The van der Waals surface area contributed by atoms with Gasteiger partial charge in [0, 0.05) is 18.5 Å². The van der Waals surface area contributed by atoms with Crippen molar-refractivity contribution in [2.75, 3.05) is 24.5 Å². The van der Waals surface area contributed by atoms with E-state index < -0.39 is 6.29 Å². The van der Waals surface area contributed by atoms with Crippen LogP contribution >= 0.6 is 0 Å². The molecular formula is C33H36N2O5. The number of benzene rings is 3. The fourth-order valence-electron chi connectivity index (χ4n) is 6.02. The molecular weight excluding hydrogens is 504 g/mol. The highest BCUT2D eigenvalue weighted by molar-refractivity contribution is 6.34. The summed E-state index contributed by atoms with van der Waals surface area (Å²) in [7, 11) is 0. The van der Waals surface area contributed by atoms with Gasteiger partial charge in [0.25, 0.3) is 11.8 Å². The van der Waals surface area contributed by atoms with Crippen molar-refractivity contribution in [3.8, 4) is 0 Å². The van der Waals surface area contributed by atoms with E-state index in [2.05, 4.69) is 4.90 Å². The van der Waals surface area contributed by atoms with Gasteiger partial charge < -0.3 is 19.5 Å². The molecule has 7 heteroatoms. The lowest BCUT2D eigenvalue weighted by atomic mass is 9.99. The van der Waals surface area contributed by atoms with Crippen LogP contribution in [0.15, 0.2) is 72.8 Å². The first-order chi connectivity index (χ1) is 19.6. The van der Waals surface area contributed by atoms with Crippen LogP contribution in [0.25, 0.3) is 0 Å². The van der Waals surface area contributed by atoms with Crippen molar-refractivity contribution in [3.63, 3.8) is 0 Å². The lowest BCUT2D eigenvalue weighted by Gasteiger charge is -2.39. The van der Waals surface area contributed by atoms with Crippen LogP contribution in [0.5, 0.6) is 0 Å². The zero-order chi connectivity index (χ0) is 27.5. The van der Waals surface area contributed by atoms with Crippen LogP contribution < -0.4 is 4.90 Å². The SMILES string of the molecule is O=C1c2ccccc2C(=O)N1c1ccc([C@@H]2O[C@H](CN3CCCCCCC3)C[C@H](c3ccc(CO)cc3)O2)cc1. The maximum atomic E-state index is 13.0. The third kappa shape index (κ3) is 5.60. The van der Waals surface area contributed by atoms with Gasteiger partial charge >= 0.3 is 0 Å². The molecule has 3 aromatic carbocycles. The van der Waals surface area contributed by atoms with E-state index in [1.54, 1.807) is 36.4 Å². The van der Waals surface area contributed by atoms with E-state index in [0.29, 0.717) is 16.8 Å². The molecule has 3 heterocycles. The fraction of sp³-hybridized carbons (Fsp3) is 0.394. The summed E-state index contributed by atoms with van der Waals surface area (Å²) in [5.41, 5.74) is 4.16. The van der Waals surface area contributed by atoms with Gasteiger partial charge in [0.1, 0.15) is 0 Å². The van der Waals surface area contributed by atoms with Crippen molar-refractivity contribution in [2.45, 2.75) is 63.6 Å². The van der Waals surface area contributed by atoms with Crippen LogP contribution in [0, 0.1) is 0 Å². The maximum absolute atomic E-state index is 13.0. The van der Waals surface area contributed by atoms with Gasteiger partial charge in [-0.05, 0) is 61.3 Å². The molecule has 2 saturated heterocycles. The number of hydrogen-bond acceptors (Lipinski definition) is 6. The van der Waals surface area contributed by atoms with E-state index in [9.17, 15) is 14.7 Å². The summed E-state index contributed by atoms with van der Waals surface area (Å²) in [6.45, 7) is 3.05. The largest absolute Gasteiger partial charge is 0.392 e. The van der Waals surface area contributed by atoms with Crippen LogP contribution in [0.2, 0.25) is 0 Å². The molecule has 0 spiro atoms. The topological polar surface area (TPSA) is 79.3 Å². The molecule has 40 heavy (non-hydrogen) atoms. The van der Waals surface area contributed by atoms with Crippen LogP contribution in [0.3, 0.4) is 0 Å². The molecule has 0 unspecified atom stereocenters. The second-order valence-electron chi connectivity index (χ2n) is 11.0. The van der Waals surface area contributed by atoms with Crippen molar-refractivity contribution in [3.05, 3.63) is 101 Å². The Morgan fingerprint density at radius 3 is 1.95 bits per heavy atom. The second-order valence-corrected chi connectivity index (χ2v) is 11.0. The number of carbonyl (C=O) groups excluding carboxylic acids is 2. The van der Waals surface area contributed by atoms with Gasteiger partial charge in [-0.1, -0.05) is 67.8 Å². The van der Waals surface area contributed by atoms with Crippen molar-refractivity contribution in [2.24, 2.45) is 0 Å². The molecule has 6 rings (SSSR count). The molecule has 0 bridgehead atoms. The molecule has 7 nitrogen and oxygen atoms in total. The number of aliphatic hydroxyl groups is 1. The predicted octanol–water partition coefficient (Wildman–Crippen LogP) is 5.79. The van der Waals surface area contributed by atoms with Crippen molar-refractivity contribution in [1.82, 2.24) is 4.90 Å². The molecule has 208 valence electrons. The number of likely N-dealkylation sites (tertiary alicyclic amines) is 1. The first-order valence-corrected chi connectivity index (χ1v) is 14.4. The third-order valence-corrected chi connectivity index (χ3v) is 8.24. The van der Waals surface area contributed by atoms with Gasteiger partial charge in [0.15, 0.2) is 6.29 Å². The summed E-state index contributed by atoms with van der Waals surface area (Å²) >= 11 is 0. The number of aliphatic hydroxyl groups excluding tert-OH is 1. The number of nitrogens with zero attached hydrogens (tertiary/aromatic N) is 2. The Bertz CT molecular complexity index is 1300. The van der Waals surface area contributed by atoms with E-state index in [4.69, 9.17) is 9.47 Å². The Labute approximate surface area is 235 Å². The first-order valence-electron chi connectivity index (χ1n) is 14.4. The van der Waals surface area contributed by atoms with Gasteiger partial charge in [-0.2, -0.15) is 0 Å². The zero-order valence-electron chi connectivity index (χ0n) is 22.7. The molecule has 0 radical (unpaired) electrons. The summed E-state index contributed by atoms with van der Waals surface area (Å²) in [5, 5.41) is 9.48. The van der Waals surface area contributed by atoms with E-state index in [-0.39, 0.29) is 30.6 Å². The summed E-state index contributed by atoms with van der Waals surface area (Å²) in [6, 6.07) is 22.2. The standard InChI is InChI=1S/C33H36N2O5/c36-22-23-10-12-24(13-11-23)30-20-27(21-34-18-6-2-1-3-7-19-34)39-33(40-30)25-14-16-26(17-15-25)35-31(37)28-8-4-5-9-29(28)32(35)38/h4-5,8-17,27,30,33,36H,1-3,6-7,18-22H2/t27-,30+,33+/m0/s1. The van der Waals surface area contributed by atoms with Crippen LogP contribution in [-0.4, -0.2) is 47.6 Å². The molecule has 0 aliphatic carbocycles. The van der Waals surface area contributed by atoms with Crippen LogP contribution in [-0.2, 0) is 16.1 Å². The highest BCUT2D eigenvalue weighted by atomic mass is 16.7. The van der Waals surface area contributed by atoms with Crippen molar-refractivity contribution >= 4 is 17.5 Å². The first kappa shape index (κ1) is 26.8. The lowest BCUT2D eigenvalue weighted by molar-refractivity contribution is -0.253. The van der Waals surface area contributed by atoms with E-state index >= 15 is 0 Å². The van der Waals surface area contributed by atoms with Crippen molar-refractivity contribution < 1.29 is 24.2 Å².